The minimum Gasteiger partial charge on any atom is -0.485 e. The molecule has 1 heterocycles. The second-order valence-corrected chi connectivity index (χ2v) is 4.51. The largest absolute Gasteiger partial charge is 0.485 e. The summed E-state index contributed by atoms with van der Waals surface area (Å²) in [4.78, 5) is 0. The van der Waals surface area contributed by atoms with Crippen molar-refractivity contribution >= 4 is 17.3 Å². The Hall–Kier alpha value is -1.75. The number of benzene rings is 1. The predicted octanol–water partition coefficient (Wildman–Crippen LogP) is 3.17. The number of rotatable bonds is 4. The molecule has 0 amide bonds. The van der Waals surface area contributed by atoms with Gasteiger partial charge in [0.2, 0.25) is 0 Å². The molecule has 6 heteroatoms. The number of nitrogens with two attached hydrogens (primary N) is 1. The number of ether oxygens (including phenoxy) is 1. The first-order valence-electron chi connectivity index (χ1n) is 5.92. The molecule has 0 saturated heterocycles. The van der Waals surface area contributed by atoms with E-state index in [1.54, 1.807) is 4.68 Å². The molecule has 0 aliphatic carbocycles. The second-order valence-electron chi connectivity index (χ2n) is 4.13. The van der Waals surface area contributed by atoms with Crippen molar-refractivity contribution in [2.24, 2.45) is 0 Å². The molecule has 19 heavy (non-hydrogen) atoms. The van der Waals surface area contributed by atoms with E-state index in [1.807, 2.05) is 13.8 Å². The van der Waals surface area contributed by atoms with E-state index in [-0.39, 0.29) is 12.3 Å². The first-order valence-corrected chi connectivity index (χ1v) is 6.30. The summed E-state index contributed by atoms with van der Waals surface area (Å²) < 4.78 is 20.3. The molecule has 102 valence electrons. The number of nitrogen functional groups attached to an aromatic ring is 1. The Morgan fingerprint density at radius 2 is 2.21 bits per heavy atom. The Balaban J connectivity index is 2.18. The van der Waals surface area contributed by atoms with Crippen LogP contribution in [0.3, 0.4) is 0 Å². The summed E-state index contributed by atoms with van der Waals surface area (Å²) in [5.74, 6) is 0.0382. The molecule has 0 aliphatic rings. The summed E-state index contributed by atoms with van der Waals surface area (Å²) in [5, 5.41) is 4.88. The molecule has 2 N–H and O–H groups in total. The predicted molar refractivity (Wildman–Crippen MR) is 72.8 cm³/mol. The van der Waals surface area contributed by atoms with Gasteiger partial charge in [0.15, 0.2) is 0 Å². The number of nitrogens with zero attached hydrogens (tertiary/aromatic N) is 2. The molecule has 4 nitrogen and oxygen atoms in total. The van der Waals surface area contributed by atoms with E-state index < -0.39 is 5.82 Å². The lowest BCUT2D eigenvalue weighted by molar-refractivity contribution is 0.294. The molecule has 1 aromatic heterocycles. The second kappa shape index (κ2) is 5.48. The van der Waals surface area contributed by atoms with Crippen LogP contribution in [0.4, 0.5) is 10.1 Å². The molecule has 0 radical (unpaired) electrons. The third kappa shape index (κ3) is 2.81. The number of anilines is 1. The fourth-order valence-electron chi connectivity index (χ4n) is 1.80. The van der Waals surface area contributed by atoms with Gasteiger partial charge in [-0.05, 0) is 26.0 Å². The van der Waals surface area contributed by atoms with Gasteiger partial charge in [-0.15, -0.1) is 0 Å². The highest BCUT2D eigenvalue weighted by molar-refractivity contribution is 6.31. The van der Waals surface area contributed by atoms with Gasteiger partial charge < -0.3 is 10.5 Å². The van der Waals surface area contributed by atoms with Crippen molar-refractivity contribution in [3.05, 3.63) is 40.4 Å². The molecule has 0 saturated carbocycles. The maximum atomic E-state index is 12.9. The molecule has 2 aromatic rings. The topological polar surface area (TPSA) is 53.1 Å². The van der Waals surface area contributed by atoms with Gasteiger partial charge in [-0.25, -0.2) is 4.39 Å². The van der Waals surface area contributed by atoms with Crippen LogP contribution in [-0.4, -0.2) is 9.78 Å². The van der Waals surface area contributed by atoms with E-state index in [9.17, 15) is 4.39 Å². The van der Waals surface area contributed by atoms with Crippen molar-refractivity contribution in [1.29, 1.82) is 0 Å². The minimum atomic E-state index is -0.391. The fraction of sp³-hybridized carbons (Fsp3) is 0.308. The third-order valence-electron chi connectivity index (χ3n) is 2.79. The van der Waals surface area contributed by atoms with Crippen molar-refractivity contribution < 1.29 is 9.13 Å². The van der Waals surface area contributed by atoms with Gasteiger partial charge in [-0.3, -0.25) is 4.68 Å². The third-order valence-corrected chi connectivity index (χ3v) is 3.28. The lowest BCUT2D eigenvalue weighted by atomic mass is 10.3. The van der Waals surface area contributed by atoms with Gasteiger partial charge >= 0.3 is 0 Å². The maximum absolute atomic E-state index is 12.9. The lowest BCUT2D eigenvalue weighted by Gasteiger charge is -2.10. The van der Waals surface area contributed by atoms with E-state index in [4.69, 9.17) is 22.1 Å². The van der Waals surface area contributed by atoms with E-state index in [0.717, 1.165) is 11.4 Å². The van der Waals surface area contributed by atoms with Crippen molar-refractivity contribution in [2.75, 3.05) is 5.73 Å². The Morgan fingerprint density at radius 1 is 1.47 bits per heavy atom. The number of aryl methyl sites for hydroxylation is 2. The van der Waals surface area contributed by atoms with E-state index in [1.165, 1.54) is 18.2 Å². The monoisotopic (exact) mass is 283 g/mol. The highest BCUT2D eigenvalue weighted by Gasteiger charge is 2.13. The van der Waals surface area contributed by atoms with Crippen molar-refractivity contribution in [2.45, 2.75) is 27.0 Å². The highest BCUT2D eigenvalue weighted by Crippen LogP contribution is 2.25. The quantitative estimate of drug-likeness (QED) is 0.877. The fourth-order valence-corrected chi connectivity index (χ4v) is 1.99. The van der Waals surface area contributed by atoms with Gasteiger partial charge in [0, 0.05) is 12.6 Å². The Kier molecular flexibility index (Phi) is 3.95. The van der Waals surface area contributed by atoms with Gasteiger partial charge in [0.25, 0.3) is 0 Å². The first kappa shape index (κ1) is 13.7. The Bertz CT molecular complexity index is 598. The summed E-state index contributed by atoms with van der Waals surface area (Å²) in [6.45, 7) is 4.75. The van der Waals surface area contributed by atoms with Crippen LogP contribution in [-0.2, 0) is 13.2 Å². The Labute approximate surface area is 115 Å². The van der Waals surface area contributed by atoms with Crippen LogP contribution in [0.25, 0.3) is 0 Å². The van der Waals surface area contributed by atoms with Crippen LogP contribution in [0, 0.1) is 12.7 Å². The standard InChI is InChI=1S/C13H15ClFN3O/c1-3-18-11(13(14)8(2)17-18)7-19-12-5-4-9(15)6-10(12)16/h4-6H,3,7,16H2,1-2H3. The van der Waals surface area contributed by atoms with Gasteiger partial charge in [0.1, 0.15) is 18.2 Å². The van der Waals surface area contributed by atoms with E-state index in [0.29, 0.717) is 17.3 Å². The van der Waals surface area contributed by atoms with E-state index in [2.05, 4.69) is 5.10 Å². The van der Waals surface area contributed by atoms with Crippen LogP contribution < -0.4 is 10.5 Å². The summed E-state index contributed by atoms with van der Waals surface area (Å²) in [5.41, 5.74) is 7.48. The molecule has 0 bridgehead atoms. The number of hydrogen-bond donors (Lipinski definition) is 1. The molecular formula is C13H15ClFN3O. The molecule has 2 rings (SSSR count). The molecule has 0 fully saturated rings. The molecular weight excluding hydrogens is 269 g/mol. The van der Waals surface area contributed by atoms with Crippen LogP contribution in [0.2, 0.25) is 5.02 Å². The minimum absolute atomic E-state index is 0.239. The van der Waals surface area contributed by atoms with Crippen molar-refractivity contribution in [3.8, 4) is 5.75 Å². The smallest absolute Gasteiger partial charge is 0.142 e. The Morgan fingerprint density at radius 3 is 2.84 bits per heavy atom. The van der Waals surface area contributed by atoms with Crippen LogP contribution in [0.5, 0.6) is 5.75 Å². The number of aromatic nitrogens is 2. The normalized spacial score (nSPS) is 10.7. The zero-order valence-corrected chi connectivity index (χ0v) is 11.5. The average molecular weight is 284 g/mol. The van der Waals surface area contributed by atoms with Gasteiger partial charge in [0.05, 0.1) is 22.1 Å². The molecule has 0 unspecified atom stereocenters. The summed E-state index contributed by atoms with van der Waals surface area (Å²) in [6, 6.07) is 4.02. The van der Waals surface area contributed by atoms with E-state index >= 15 is 0 Å². The SMILES string of the molecule is CCn1nc(C)c(Cl)c1COc1ccc(F)cc1N. The molecule has 0 spiro atoms. The zero-order valence-electron chi connectivity index (χ0n) is 10.8. The zero-order chi connectivity index (χ0) is 14.0. The molecule has 0 atom stereocenters. The first-order chi connectivity index (χ1) is 9.02. The number of halogens is 2. The maximum Gasteiger partial charge on any atom is 0.142 e. The van der Waals surface area contributed by atoms with Gasteiger partial charge in [-0.2, -0.15) is 5.10 Å². The highest BCUT2D eigenvalue weighted by atomic mass is 35.5. The van der Waals surface area contributed by atoms with Crippen LogP contribution in [0.15, 0.2) is 18.2 Å². The van der Waals surface area contributed by atoms with Crippen LogP contribution >= 0.6 is 11.6 Å². The summed E-state index contributed by atoms with van der Waals surface area (Å²) in [6.07, 6.45) is 0. The molecule has 0 aliphatic heterocycles. The number of hydrogen-bond acceptors (Lipinski definition) is 3. The van der Waals surface area contributed by atoms with Gasteiger partial charge in [-0.1, -0.05) is 11.6 Å². The average Bonchev–Trinajstić information content (AvgIpc) is 2.65. The van der Waals surface area contributed by atoms with Crippen LogP contribution in [0.1, 0.15) is 18.3 Å². The van der Waals surface area contributed by atoms with Crippen molar-refractivity contribution in [3.63, 3.8) is 0 Å². The molecule has 1 aromatic carbocycles. The van der Waals surface area contributed by atoms with Crippen molar-refractivity contribution in [1.82, 2.24) is 9.78 Å². The summed E-state index contributed by atoms with van der Waals surface area (Å²) >= 11 is 6.17. The lowest BCUT2D eigenvalue weighted by Crippen LogP contribution is -2.07. The summed E-state index contributed by atoms with van der Waals surface area (Å²) in [7, 11) is 0.